The van der Waals surface area contributed by atoms with Crippen molar-refractivity contribution < 1.29 is 9.18 Å². The molecule has 0 aromatic heterocycles. The monoisotopic (exact) mass is 309 g/mol. The summed E-state index contributed by atoms with van der Waals surface area (Å²) in [6.07, 6.45) is 3.01. The molecular weight excluding hydrogens is 297 g/mol. The number of nitrogens with two attached hydrogens (primary N) is 1. The van der Waals surface area contributed by atoms with E-state index >= 15 is 0 Å². The normalized spacial score (nSPS) is 18.2. The van der Waals surface area contributed by atoms with Crippen LogP contribution >= 0.6 is 15.9 Å². The number of rotatable bonds is 2. The van der Waals surface area contributed by atoms with Gasteiger partial charge < -0.3 is 5.73 Å². The van der Waals surface area contributed by atoms with Crippen LogP contribution < -0.4 is 5.73 Å². The molecule has 0 bridgehead atoms. The average Bonchev–Trinajstić information content (AvgIpc) is 3.07. The van der Waals surface area contributed by atoms with Gasteiger partial charge in [-0.05, 0) is 70.8 Å². The van der Waals surface area contributed by atoms with E-state index in [2.05, 4.69) is 22.9 Å². The molecule has 18 heavy (non-hydrogen) atoms. The van der Waals surface area contributed by atoms with Crippen LogP contribution in [0.2, 0.25) is 0 Å². The summed E-state index contributed by atoms with van der Waals surface area (Å²) < 4.78 is 14.4. The summed E-state index contributed by atoms with van der Waals surface area (Å²) in [4.78, 5) is 11.4. The summed E-state index contributed by atoms with van der Waals surface area (Å²) in [5.41, 5.74) is 9.89. The maximum Gasteiger partial charge on any atom is 0.249 e. The number of amides is 1. The molecule has 2 aliphatic rings. The van der Waals surface area contributed by atoms with E-state index in [-0.39, 0.29) is 0 Å². The molecule has 1 amide bonds. The minimum Gasteiger partial charge on any atom is -0.366 e. The van der Waals surface area contributed by atoms with Crippen molar-refractivity contribution in [3.63, 3.8) is 0 Å². The van der Waals surface area contributed by atoms with Crippen LogP contribution in [0.3, 0.4) is 0 Å². The summed E-state index contributed by atoms with van der Waals surface area (Å²) in [6, 6.07) is 1.24. The lowest BCUT2D eigenvalue weighted by Gasteiger charge is -2.11. The molecule has 1 aromatic carbocycles. The molecule has 0 aliphatic heterocycles. The quantitative estimate of drug-likeness (QED) is 0.893. The van der Waals surface area contributed by atoms with E-state index in [1.165, 1.54) is 17.2 Å². The van der Waals surface area contributed by atoms with Crippen molar-refractivity contribution >= 4 is 27.4 Å². The third kappa shape index (κ3) is 1.62. The topological polar surface area (TPSA) is 43.1 Å². The number of benzene rings is 1. The van der Waals surface area contributed by atoms with E-state index in [0.29, 0.717) is 22.4 Å². The van der Waals surface area contributed by atoms with Crippen molar-refractivity contribution in [1.29, 1.82) is 0 Å². The average molecular weight is 310 g/mol. The number of hydrogen-bond donors (Lipinski definition) is 1. The van der Waals surface area contributed by atoms with Crippen LogP contribution in [-0.2, 0) is 6.42 Å². The SMILES string of the molecule is CC1=C(C2CC2)c2c(Br)c(F)cc(C(N)=O)c2C1. The first-order valence-corrected chi connectivity index (χ1v) is 6.80. The van der Waals surface area contributed by atoms with Gasteiger partial charge in [-0.15, -0.1) is 0 Å². The molecule has 1 fully saturated rings. The van der Waals surface area contributed by atoms with Crippen LogP contribution in [0.15, 0.2) is 16.1 Å². The maximum atomic E-state index is 13.9. The molecule has 4 heteroatoms. The van der Waals surface area contributed by atoms with E-state index in [4.69, 9.17) is 5.73 Å². The molecule has 0 saturated heterocycles. The van der Waals surface area contributed by atoms with Crippen molar-refractivity contribution in [3.8, 4) is 0 Å². The van der Waals surface area contributed by atoms with Gasteiger partial charge in [0, 0.05) is 5.56 Å². The predicted octanol–water partition coefficient (Wildman–Crippen LogP) is 3.43. The highest BCUT2D eigenvalue weighted by Gasteiger charge is 2.36. The third-order valence-corrected chi connectivity index (χ3v) is 4.52. The Morgan fingerprint density at radius 1 is 1.50 bits per heavy atom. The van der Waals surface area contributed by atoms with Crippen LogP contribution in [0.4, 0.5) is 4.39 Å². The van der Waals surface area contributed by atoms with Crippen LogP contribution in [0, 0.1) is 11.7 Å². The lowest BCUT2D eigenvalue weighted by atomic mass is 9.97. The first-order valence-electron chi connectivity index (χ1n) is 6.01. The smallest absolute Gasteiger partial charge is 0.249 e. The van der Waals surface area contributed by atoms with Crippen molar-refractivity contribution in [2.75, 3.05) is 0 Å². The fourth-order valence-electron chi connectivity index (χ4n) is 2.85. The zero-order valence-electron chi connectivity index (χ0n) is 10.0. The Kier molecular flexibility index (Phi) is 2.59. The minimum absolute atomic E-state index is 0.320. The number of carbonyl (C=O) groups is 1. The van der Waals surface area contributed by atoms with Crippen LogP contribution in [0.1, 0.15) is 41.3 Å². The lowest BCUT2D eigenvalue weighted by Crippen LogP contribution is -2.15. The van der Waals surface area contributed by atoms with E-state index in [1.54, 1.807) is 0 Å². The van der Waals surface area contributed by atoms with E-state index in [9.17, 15) is 9.18 Å². The fourth-order valence-corrected chi connectivity index (χ4v) is 3.41. The van der Waals surface area contributed by atoms with E-state index in [1.807, 2.05) is 0 Å². The molecule has 1 aromatic rings. The van der Waals surface area contributed by atoms with Gasteiger partial charge in [0.2, 0.25) is 5.91 Å². The summed E-state index contributed by atoms with van der Waals surface area (Å²) in [5.74, 6) is -0.428. The van der Waals surface area contributed by atoms with Gasteiger partial charge >= 0.3 is 0 Å². The number of primary amides is 1. The number of allylic oxidation sites excluding steroid dienone is 2. The number of fused-ring (bicyclic) bond motifs is 1. The first kappa shape index (κ1) is 11.9. The largest absolute Gasteiger partial charge is 0.366 e. The molecule has 0 spiro atoms. The van der Waals surface area contributed by atoms with Gasteiger partial charge in [-0.2, -0.15) is 0 Å². The molecule has 2 nitrogen and oxygen atoms in total. The molecule has 0 unspecified atom stereocenters. The summed E-state index contributed by atoms with van der Waals surface area (Å²) >= 11 is 3.32. The second-order valence-corrected chi connectivity index (χ2v) is 5.88. The zero-order chi connectivity index (χ0) is 13.0. The Balaban J connectivity index is 2.27. The lowest BCUT2D eigenvalue weighted by molar-refractivity contribution is 0.0999. The molecule has 2 aliphatic carbocycles. The van der Waals surface area contributed by atoms with E-state index < -0.39 is 11.7 Å². The number of halogens is 2. The standard InChI is InChI=1S/C14H13BrFNO/c1-6-4-8-9(14(17)18)5-10(16)13(15)12(8)11(6)7-2-3-7/h5,7H,2-4H2,1H3,(H2,17,18). The molecule has 3 rings (SSSR count). The highest BCUT2D eigenvalue weighted by atomic mass is 79.9. The fraction of sp³-hybridized carbons (Fsp3) is 0.357. The zero-order valence-corrected chi connectivity index (χ0v) is 11.6. The molecule has 94 valence electrons. The highest BCUT2D eigenvalue weighted by molar-refractivity contribution is 9.10. The Bertz CT molecular complexity index is 602. The van der Waals surface area contributed by atoms with Crippen molar-refractivity contribution in [2.45, 2.75) is 26.2 Å². The summed E-state index contributed by atoms with van der Waals surface area (Å²) in [7, 11) is 0. The van der Waals surface area contributed by atoms with Gasteiger partial charge in [-0.25, -0.2) is 4.39 Å². The molecule has 0 heterocycles. The molecule has 0 atom stereocenters. The van der Waals surface area contributed by atoms with Crippen molar-refractivity contribution in [1.82, 2.24) is 0 Å². The summed E-state index contributed by atoms with van der Waals surface area (Å²) in [5, 5.41) is 0. The molecule has 1 saturated carbocycles. The predicted molar refractivity (Wildman–Crippen MR) is 71.6 cm³/mol. The van der Waals surface area contributed by atoms with Crippen molar-refractivity contribution in [3.05, 3.63) is 38.6 Å². The van der Waals surface area contributed by atoms with Gasteiger partial charge in [0.25, 0.3) is 0 Å². The minimum atomic E-state index is -0.553. The molecular formula is C14H13BrFNO. The van der Waals surface area contributed by atoms with Gasteiger partial charge in [0.1, 0.15) is 5.82 Å². The second kappa shape index (κ2) is 3.92. The van der Waals surface area contributed by atoms with Gasteiger partial charge in [-0.1, -0.05) is 5.57 Å². The Labute approximate surface area is 113 Å². The van der Waals surface area contributed by atoms with Gasteiger partial charge in [0.15, 0.2) is 0 Å². The third-order valence-electron chi connectivity index (χ3n) is 3.75. The Morgan fingerprint density at radius 3 is 2.72 bits per heavy atom. The summed E-state index contributed by atoms with van der Waals surface area (Å²) in [6.45, 7) is 2.06. The molecule has 0 radical (unpaired) electrons. The maximum absolute atomic E-state index is 13.9. The second-order valence-electron chi connectivity index (χ2n) is 5.08. The number of carbonyl (C=O) groups excluding carboxylic acids is 1. The van der Waals surface area contributed by atoms with Gasteiger partial charge in [-0.3, -0.25) is 4.79 Å². The highest BCUT2D eigenvalue weighted by Crippen LogP contribution is 2.51. The van der Waals surface area contributed by atoms with Crippen LogP contribution in [0.25, 0.3) is 5.57 Å². The van der Waals surface area contributed by atoms with Crippen LogP contribution in [-0.4, -0.2) is 5.91 Å². The Hall–Kier alpha value is -1.16. The first-order chi connectivity index (χ1) is 8.50. The Morgan fingerprint density at radius 2 is 2.17 bits per heavy atom. The van der Waals surface area contributed by atoms with E-state index in [0.717, 1.165) is 24.0 Å². The van der Waals surface area contributed by atoms with Crippen molar-refractivity contribution in [2.24, 2.45) is 11.7 Å². The number of hydrogen-bond acceptors (Lipinski definition) is 1. The van der Waals surface area contributed by atoms with Crippen LogP contribution in [0.5, 0.6) is 0 Å². The van der Waals surface area contributed by atoms with Gasteiger partial charge in [0.05, 0.1) is 4.47 Å². The molecule has 2 N–H and O–H groups in total.